The Morgan fingerprint density at radius 3 is 2.61 bits per heavy atom. The van der Waals surface area contributed by atoms with Crippen LogP contribution in [0.25, 0.3) is 0 Å². The molecule has 0 aromatic heterocycles. The fourth-order valence-corrected chi connectivity index (χ4v) is 1.50. The van der Waals surface area contributed by atoms with Gasteiger partial charge in [-0.15, -0.1) is 0 Å². The van der Waals surface area contributed by atoms with Crippen LogP contribution in [0.4, 0.5) is 5.69 Å². The number of hydrogen-bond donors (Lipinski definition) is 1. The maximum absolute atomic E-state index is 11.5. The molecule has 0 spiro atoms. The molecule has 0 unspecified atom stereocenters. The lowest BCUT2D eigenvalue weighted by Crippen LogP contribution is -2.28. The number of anilines is 1. The van der Waals surface area contributed by atoms with Crippen LogP contribution in [0.3, 0.4) is 0 Å². The number of esters is 1. The van der Waals surface area contributed by atoms with Crippen molar-refractivity contribution in [3.05, 3.63) is 23.2 Å². The number of halogens is 1. The number of rotatable bonds is 4. The van der Waals surface area contributed by atoms with E-state index in [1.54, 1.807) is 25.3 Å². The highest BCUT2D eigenvalue weighted by molar-refractivity contribution is 6.33. The number of carbonyl (C=O) groups excluding carboxylic acids is 1. The molecular weight excluding hydrogens is 254 g/mol. The van der Waals surface area contributed by atoms with Gasteiger partial charge in [0, 0.05) is 6.07 Å². The number of methoxy groups -OCH3 is 1. The molecule has 1 rings (SSSR count). The van der Waals surface area contributed by atoms with Gasteiger partial charge in [0.15, 0.2) is 0 Å². The van der Waals surface area contributed by atoms with Gasteiger partial charge in [-0.3, -0.25) is 4.79 Å². The Kier molecular flexibility index (Phi) is 4.84. The van der Waals surface area contributed by atoms with E-state index in [0.29, 0.717) is 16.5 Å². The van der Waals surface area contributed by atoms with Crippen molar-refractivity contribution < 1.29 is 14.3 Å². The van der Waals surface area contributed by atoms with Crippen LogP contribution in [0.2, 0.25) is 5.02 Å². The molecule has 18 heavy (non-hydrogen) atoms. The molecule has 5 heteroatoms. The quantitative estimate of drug-likeness (QED) is 0.855. The number of hydrogen-bond acceptors (Lipinski definition) is 4. The van der Waals surface area contributed by atoms with Crippen LogP contribution >= 0.6 is 11.6 Å². The van der Waals surface area contributed by atoms with Crippen LogP contribution in [0.15, 0.2) is 18.2 Å². The highest BCUT2D eigenvalue weighted by atomic mass is 35.5. The van der Waals surface area contributed by atoms with Gasteiger partial charge in [0.25, 0.3) is 0 Å². The van der Waals surface area contributed by atoms with E-state index in [9.17, 15) is 4.79 Å². The molecule has 100 valence electrons. The van der Waals surface area contributed by atoms with Crippen LogP contribution < -0.4 is 10.1 Å². The van der Waals surface area contributed by atoms with Gasteiger partial charge in [-0.1, -0.05) is 11.6 Å². The number of carbonyl (C=O) groups is 1. The summed E-state index contributed by atoms with van der Waals surface area (Å²) in [4.78, 5) is 11.5. The Morgan fingerprint density at radius 1 is 1.39 bits per heavy atom. The van der Waals surface area contributed by atoms with Crippen molar-refractivity contribution in [2.75, 3.05) is 19.0 Å². The first-order valence-electron chi connectivity index (χ1n) is 5.61. The minimum absolute atomic E-state index is 0.0597. The SMILES string of the molecule is COc1ccc(Cl)c(NCC(=O)OC(C)(C)C)c1. The Morgan fingerprint density at radius 2 is 2.06 bits per heavy atom. The third-order valence-corrected chi connectivity index (χ3v) is 2.35. The van der Waals surface area contributed by atoms with Crippen molar-refractivity contribution in [1.29, 1.82) is 0 Å². The van der Waals surface area contributed by atoms with Crippen molar-refractivity contribution >= 4 is 23.3 Å². The Hall–Kier alpha value is -1.42. The van der Waals surface area contributed by atoms with E-state index in [1.807, 2.05) is 20.8 Å². The molecule has 1 aromatic rings. The maximum atomic E-state index is 11.5. The summed E-state index contributed by atoms with van der Waals surface area (Å²) in [5.41, 5.74) is 0.151. The summed E-state index contributed by atoms with van der Waals surface area (Å²) >= 11 is 6.00. The van der Waals surface area contributed by atoms with E-state index >= 15 is 0 Å². The van der Waals surface area contributed by atoms with E-state index in [-0.39, 0.29) is 12.5 Å². The van der Waals surface area contributed by atoms with Gasteiger partial charge in [-0.2, -0.15) is 0 Å². The highest BCUT2D eigenvalue weighted by Gasteiger charge is 2.16. The molecule has 0 heterocycles. The first-order chi connectivity index (χ1) is 8.31. The summed E-state index contributed by atoms with van der Waals surface area (Å²) in [5.74, 6) is 0.340. The largest absolute Gasteiger partial charge is 0.497 e. The second-order valence-corrected chi connectivity index (χ2v) is 5.19. The summed E-state index contributed by atoms with van der Waals surface area (Å²) in [7, 11) is 1.57. The van der Waals surface area contributed by atoms with Gasteiger partial charge < -0.3 is 14.8 Å². The molecule has 0 saturated heterocycles. The van der Waals surface area contributed by atoms with E-state index in [2.05, 4.69) is 5.32 Å². The highest BCUT2D eigenvalue weighted by Crippen LogP contribution is 2.26. The summed E-state index contributed by atoms with van der Waals surface area (Å²) in [5, 5.41) is 3.45. The minimum Gasteiger partial charge on any atom is -0.497 e. The second kappa shape index (κ2) is 5.96. The molecule has 4 nitrogen and oxygen atoms in total. The van der Waals surface area contributed by atoms with Crippen molar-refractivity contribution in [3.8, 4) is 5.75 Å². The molecule has 0 saturated carbocycles. The molecule has 0 aliphatic rings. The van der Waals surface area contributed by atoms with Gasteiger partial charge >= 0.3 is 5.97 Å². The number of benzene rings is 1. The van der Waals surface area contributed by atoms with Gasteiger partial charge in [-0.05, 0) is 32.9 Å². The van der Waals surface area contributed by atoms with Crippen molar-refractivity contribution in [1.82, 2.24) is 0 Å². The van der Waals surface area contributed by atoms with Gasteiger partial charge in [0.2, 0.25) is 0 Å². The van der Waals surface area contributed by atoms with E-state index in [1.165, 1.54) is 0 Å². The van der Waals surface area contributed by atoms with Gasteiger partial charge in [0.1, 0.15) is 17.9 Å². The Balaban J connectivity index is 2.60. The summed E-state index contributed by atoms with van der Waals surface area (Å²) in [6.45, 7) is 5.53. The summed E-state index contributed by atoms with van der Waals surface area (Å²) < 4.78 is 10.3. The third-order valence-electron chi connectivity index (χ3n) is 2.02. The molecule has 0 atom stereocenters. The van der Waals surface area contributed by atoms with E-state index in [0.717, 1.165) is 0 Å². The summed E-state index contributed by atoms with van der Waals surface area (Å²) in [6.07, 6.45) is 0. The first kappa shape index (κ1) is 14.6. The Labute approximate surface area is 112 Å². The van der Waals surface area contributed by atoms with Crippen LogP contribution in [-0.4, -0.2) is 25.2 Å². The zero-order valence-electron chi connectivity index (χ0n) is 11.0. The molecule has 0 radical (unpaired) electrons. The lowest BCUT2D eigenvalue weighted by atomic mass is 10.2. The molecule has 0 aliphatic heterocycles. The minimum atomic E-state index is -0.489. The third kappa shape index (κ3) is 4.84. The average Bonchev–Trinajstić information content (AvgIpc) is 2.25. The number of ether oxygens (including phenoxy) is 2. The summed E-state index contributed by atoms with van der Waals surface area (Å²) in [6, 6.07) is 5.19. The smallest absolute Gasteiger partial charge is 0.325 e. The maximum Gasteiger partial charge on any atom is 0.325 e. The van der Waals surface area contributed by atoms with Gasteiger partial charge in [-0.25, -0.2) is 0 Å². The molecule has 0 bridgehead atoms. The van der Waals surface area contributed by atoms with Crippen molar-refractivity contribution in [2.45, 2.75) is 26.4 Å². The lowest BCUT2D eigenvalue weighted by Gasteiger charge is -2.20. The zero-order chi connectivity index (χ0) is 13.8. The number of nitrogens with one attached hydrogen (secondary N) is 1. The molecule has 1 aromatic carbocycles. The van der Waals surface area contributed by atoms with Crippen LogP contribution in [-0.2, 0) is 9.53 Å². The van der Waals surface area contributed by atoms with Crippen molar-refractivity contribution in [2.24, 2.45) is 0 Å². The standard InChI is InChI=1S/C13H18ClNO3/c1-13(2,3)18-12(16)8-15-11-7-9(17-4)5-6-10(11)14/h5-7,15H,8H2,1-4H3. The van der Waals surface area contributed by atoms with E-state index in [4.69, 9.17) is 21.1 Å². The second-order valence-electron chi connectivity index (χ2n) is 4.79. The lowest BCUT2D eigenvalue weighted by molar-refractivity contribution is -0.152. The molecule has 0 amide bonds. The van der Waals surface area contributed by atoms with E-state index < -0.39 is 5.60 Å². The van der Waals surface area contributed by atoms with Crippen molar-refractivity contribution in [3.63, 3.8) is 0 Å². The zero-order valence-corrected chi connectivity index (χ0v) is 11.8. The molecule has 0 aliphatic carbocycles. The topological polar surface area (TPSA) is 47.6 Å². The molecular formula is C13H18ClNO3. The fourth-order valence-electron chi connectivity index (χ4n) is 1.31. The molecule has 0 fully saturated rings. The average molecular weight is 272 g/mol. The Bertz CT molecular complexity index is 427. The van der Waals surface area contributed by atoms with Gasteiger partial charge in [0.05, 0.1) is 17.8 Å². The first-order valence-corrected chi connectivity index (χ1v) is 5.99. The predicted octanol–water partition coefficient (Wildman–Crippen LogP) is 3.10. The fraction of sp³-hybridized carbons (Fsp3) is 0.462. The predicted molar refractivity (Wildman–Crippen MR) is 72.3 cm³/mol. The normalized spacial score (nSPS) is 10.9. The van der Waals surface area contributed by atoms with Crippen LogP contribution in [0.5, 0.6) is 5.75 Å². The van der Waals surface area contributed by atoms with Crippen LogP contribution in [0, 0.1) is 0 Å². The van der Waals surface area contributed by atoms with Crippen LogP contribution in [0.1, 0.15) is 20.8 Å². The molecule has 1 N–H and O–H groups in total. The monoisotopic (exact) mass is 271 g/mol.